The summed E-state index contributed by atoms with van der Waals surface area (Å²) in [7, 11) is 0. The first-order valence-electron chi connectivity index (χ1n) is 8.14. The number of aryl methyl sites for hydroxylation is 1. The van der Waals surface area contributed by atoms with Crippen LogP contribution in [-0.2, 0) is 6.54 Å². The third-order valence-electron chi connectivity index (χ3n) is 4.14. The first kappa shape index (κ1) is 16.0. The monoisotopic (exact) mass is 349 g/mol. The number of nitrogens with zero attached hydrogens (tertiary/aromatic N) is 3. The highest BCUT2D eigenvalue weighted by Gasteiger charge is 2.12. The van der Waals surface area contributed by atoms with Crippen molar-refractivity contribution in [1.29, 1.82) is 0 Å². The van der Waals surface area contributed by atoms with E-state index in [9.17, 15) is 9.18 Å². The van der Waals surface area contributed by atoms with Gasteiger partial charge in [-0.2, -0.15) is 5.10 Å². The molecule has 0 atom stereocenters. The van der Waals surface area contributed by atoms with Gasteiger partial charge in [-0.05, 0) is 13.0 Å². The zero-order valence-electron chi connectivity index (χ0n) is 14.0. The van der Waals surface area contributed by atoms with Crippen molar-refractivity contribution >= 4 is 11.6 Å². The van der Waals surface area contributed by atoms with Gasteiger partial charge in [0, 0.05) is 23.7 Å². The zero-order chi connectivity index (χ0) is 18.1. The van der Waals surface area contributed by atoms with Crippen molar-refractivity contribution in [1.82, 2.24) is 19.6 Å². The van der Waals surface area contributed by atoms with Crippen molar-refractivity contribution < 1.29 is 4.39 Å². The van der Waals surface area contributed by atoms with Crippen LogP contribution in [0.3, 0.4) is 0 Å². The molecule has 0 aliphatic heterocycles. The van der Waals surface area contributed by atoms with Gasteiger partial charge in [0.2, 0.25) is 5.95 Å². The van der Waals surface area contributed by atoms with E-state index in [1.165, 1.54) is 10.5 Å². The third kappa shape index (κ3) is 2.95. The summed E-state index contributed by atoms with van der Waals surface area (Å²) in [4.78, 5) is 16.6. The van der Waals surface area contributed by atoms with E-state index in [0.717, 1.165) is 11.1 Å². The number of fused-ring (bicyclic) bond motifs is 1. The lowest BCUT2D eigenvalue weighted by Crippen LogP contribution is -2.16. The number of hydrogen-bond acceptors (Lipinski definition) is 4. The SMILES string of the molecule is Cc1ccc(-c2cc3n[nH]c(=O)n3c(NCc3ccccc3F)n2)cc1. The smallest absolute Gasteiger partial charge is 0.350 e. The van der Waals surface area contributed by atoms with E-state index in [1.807, 2.05) is 31.2 Å². The average Bonchev–Trinajstić information content (AvgIpc) is 3.02. The summed E-state index contributed by atoms with van der Waals surface area (Å²) in [6.07, 6.45) is 0. The summed E-state index contributed by atoms with van der Waals surface area (Å²) in [6, 6.07) is 16.1. The molecule has 0 saturated carbocycles. The van der Waals surface area contributed by atoms with Crippen molar-refractivity contribution in [2.45, 2.75) is 13.5 Å². The van der Waals surface area contributed by atoms with Gasteiger partial charge in [0.05, 0.1) is 5.69 Å². The Balaban J connectivity index is 1.77. The highest BCUT2D eigenvalue weighted by atomic mass is 19.1. The number of anilines is 1. The molecular weight excluding hydrogens is 333 g/mol. The van der Waals surface area contributed by atoms with Crippen LogP contribution < -0.4 is 11.0 Å². The molecule has 0 fully saturated rings. The molecule has 0 saturated heterocycles. The molecule has 0 unspecified atom stereocenters. The molecule has 2 aromatic carbocycles. The Hall–Kier alpha value is -3.48. The molecule has 6 nitrogen and oxygen atoms in total. The van der Waals surface area contributed by atoms with Crippen LogP contribution in [0.25, 0.3) is 16.9 Å². The molecule has 4 aromatic rings. The molecule has 0 radical (unpaired) electrons. The molecule has 7 heteroatoms. The molecule has 0 spiro atoms. The number of nitrogens with one attached hydrogen (secondary N) is 2. The van der Waals surface area contributed by atoms with Gasteiger partial charge >= 0.3 is 5.69 Å². The molecule has 0 aliphatic rings. The molecular formula is C19H16FN5O. The lowest BCUT2D eigenvalue weighted by Gasteiger charge is -2.10. The second kappa shape index (κ2) is 6.44. The van der Waals surface area contributed by atoms with Crippen molar-refractivity contribution in [3.63, 3.8) is 0 Å². The fraction of sp³-hybridized carbons (Fsp3) is 0.105. The summed E-state index contributed by atoms with van der Waals surface area (Å²) in [6.45, 7) is 2.21. The largest absolute Gasteiger partial charge is 0.351 e. The molecule has 2 heterocycles. The molecule has 0 bridgehead atoms. The summed E-state index contributed by atoms with van der Waals surface area (Å²) >= 11 is 0. The Bertz CT molecular complexity index is 1130. The van der Waals surface area contributed by atoms with E-state index in [2.05, 4.69) is 20.5 Å². The van der Waals surface area contributed by atoms with Crippen LogP contribution in [-0.4, -0.2) is 19.6 Å². The molecule has 2 N–H and O–H groups in total. The van der Waals surface area contributed by atoms with E-state index in [1.54, 1.807) is 24.3 Å². The van der Waals surface area contributed by atoms with Crippen LogP contribution in [0.5, 0.6) is 0 Å². The van der Waals surface area contributed by atoms with Crippen LogP contribution in [0, 0.1) is 12.7 Å². The minimum absolute atomic E-state index is 0.198. The minimum Gasteiger partial charge on any atom is -0.351 e. The average molecular weight is 349 g/mol. The minimum atomic E-state index is -0.404. The van der Waals surface area contributed by atoms with E-state index in [0.29, 0.717) is 22.9 Å². The Morgan fingerprint density at radius 1 is 1.15 bits per heavy atom. The number of aromatic amines is 1. The Kier molecular flexibility index (Phi) is 3.96. The molecule has 130 valence electrons. The molecule has 0 amide bonds. The maximum atomic E-state index is 13.9. The summed E-state index contributed by atoms with van der Waals surface area (Å²) in [5.74, 6) is -0.00875. The number of aromatic nitrogens is 4. The number of halogens is 1. The standard InChI is InChI=1S/C19H16FN5O/c1-12-6-8-13(9-7-12)16-10-17-23-24-19(26)25(17)18(22-16)21-11-14-4-2-3-5-15(14)20/h2-10H,11H2,1H3,(H,21,22)(H,24,26). The maximum absolute atomic E-state index is 13.9. The lowest BCUT2D eigenvalue weighted by atomic mass is 10.1. The van der Waals surface area contributed by atoms with E-state index >= 15 is 0 Å². The van der Waals surface area contributed by atoms with Gasteiger partial charge in [0.25, 0.3) is 0 Å². The maximum Gasteiger partial charge on any atom is 0.350 e. The predicted octanol–water partition coefficient (Wildman–Crippen LogP) is 3.14. The van der Waals surface area contributed by atoms with Gasteiger partial charge in [-0.1, -0.05) is 48.0 Å². The number of H-pyrrole nitrogens is 1. The van der Waals surface area contributed by atoms with Crippen LogP contribution in [0.1, 0.15) is 11.1 Å². The van der Waals surface area contributed by atoms with Gasteiger partial charge in [0.1, 0.15) is 5.82 Å². The van der Waals surface area contributed by atoms with Crippen molar-refractivity contribution in [2.24, 2.45) is 0 Å². The second-order valence-corrected chi connectivity index (χ2v) is 6.00. The van der Waals surface area contributed by atoms with Crippen molar-refractivity contribution in [3.8, 4) is 11.3 Å². The second-order valence-electron chi connectivity index (χ2n) is 6.00. The van der Waals surface area contributed by atoms with Gasteiger partial charge < -0.3 is 5.32 Å². The molecule has 26 heavy (non-hydrogen) atoms. The predicted molar refractivity (Wildman–Crippen MR) is 97.5 cm³/mol. The normalized spacial score (nSPS) is 11.0. The van der Waals surface area contributed by atoms with Gasteiger partial charge in [-0.15, -0.1) is 0 Å². The first-order chi connectivity index (χ1) is 12.6. The fourth-order valence-corrected chi connectivity index (χ4v) is 2.74. The topological polar surface area (TPSA) is 75.1 Å². The first-order valence-corrected chi connectivity index (χ1v) is 8.14. The van der Waals surface area contributed by atoms with Gasteiger partial charge in [-0.3, -0.25) is 0 Å². The fourth-order valence-electron chi connectivity index (χ4n) is 2.74. The van der Waals surface area contributed by atoms with Crippen molar-refractivity contribution in [3.05, 3.63) is 82.0 Å². The van der Waals surface area contributed by atoms with Crippen LogP contribution in [0.2, 0.25) is 0 Å². The Morgan fingerprint density at radius 2 is 1.92 bits per heavy atom. The Morgan fingerprint density at radius 3 is 2.69 bits per heavy atom. The van der Waals surface area contributed by atoms with E-state index < -0.39 is 5.69 Å². The van der Waals surface area contributed by atoms with Crippen LogP contribution >= 0.6 is 0 Å². The van der Waals surface area contributed by atoms with E-state index in [4.69, 9.17) is 0 Å². The highest BCUT2D eigenvalue weighted by Crippen LogP contribution is 2.21. The van der Waals surface area contributed by atoms with Crippen LogP contribution in [0.4, 0.5) is 10.3 Å². The third-order valence-corrected chi connectivity index (χ3v) is 4.14. The number of benzene rings is 2. The van der Waals surface area contributed by atoms with Gasteiger partial charge in [-0.25, -0.2) is 23.7 Å². The lowest BCUT2D eigenvalue weighted by molar-refractivity contribution is 0.612. The highest BCUT2D eigenvalue weighted by molar-refractivity contribution is 5.66. The Labute approximate surface area is 148 Å². The summed E-state index contributed by atoms with van der Waals surface area (Å²) in [5, 5.41) is 9.49. The molecule has 0 aliphatic carbocycles. The van der Waals surface area contributed by atoms with Crippen molar-refractivity contribution in [2.75, 3.05) is 5.32 Å². The molecule has 4 rings (SSSR count). The number of rotatable bonds is 4. The summed E-state index contributed by atoms with van der Waals surface area (Å²) < 4.78 is 15.2. The van der Waals surface area contributed by atoms with E-state index in [-0.39, 0.29) is 12.4 Å². The quantitative estimate of drug-likeness (QED) is 0.593. The number of hydrogen-bond donors (Lipinski definition) is 2. The van der Waals surface area contributed by atoms with Gasteiger partial charge in [0.15, 0.2) is 5.65 Å². The zero-order valence-corrected chi connectivity index (χ0v) is 14.0. The molecule has 2 aromatic heterocycles. The summed E-state index contributed by atoms with van der Waals surface area (Å²) in [5.41, 5.74) is 3.24. The van der Waals surface area contributed by atoms with Crippen LogP contribution in [0.15, 0.2) is 59.4 Å².